The quantitative estimate of drug-likeness (QED) is 0.118. The molecule has 2 saturated heterocycles. The Kier molecular flexibility index (Phi) is 11.1. The first-order valence-electron chi connectivity index (χ1n) is 16.3. The van der Waals surface area contributed by atoms with E-state index in [9.17, 15) is 33.1 Å². The molecule has 3 aromatic carbocycles. The van der Waals surface area contributed by atoms with Gasteiger partial charge in [0.2, 0.25) is 5.91 Å². The van der Waals surface area contributed by atoms with Gasteiger partial charge in [-0.1, -0.05) is 72.4 Å². The van der Waals surface area contributed by atoms with Gasteiger partial charge in [-0.25, -0.2) is 0 Å². The highest BCUT2D eigenvalue weighted by atomic mass is 32.2. The molecular weight excluding hydrogens is 671 g/mol. The normalized spacial score (nSPS) is 20.8. The van der Waals surface area contributed by atoms with Crippen LogP contribution in [0.2, 0.25) is 0 Å². The molecule has 2 fully saturated rings. The van der Waals surface area contributed by atoms with E-state index in [0.29, 0.717) is 28.5 Å². The summed E-state index contributed by atoms with van der Waals surface area (Å²) in [5.74, 6) is -2.09. The van der Waals surface area contributed by atoms with Crippen molar-refractivity contribution in [3.8, 4) is 11.1 Å². The highest BCUT2D eigenvalue weighted by Gasteiger charge is 2.47. The Morgan fingerprint density at radius 2 is 1.70 bits per heavy atom. The van der Waals surface area contributed by atoms with Crippen molar-refractivity contribution in [2.75, 3.05) is 12.3 Å². The molecule has 2 aliphatic heterocycles. The first-order valence-corrected chi connectivity index (χ1v) is 17.2. The number of rotatable bonds is 10. The molecular formula is C37H36F3N3O6S. The van der Waals surface area contributed by atoms with Gasteiger partial charge in [0.05, 0.1) is 18.8 Å². The van der Waals surface area contributed by atoms with Crippen molar-refractivity contribution in [2.45, 2.75) is 68.2 Å². The molecule has 0 saturated carbocycles. The first-order chi connectivity index (χ1) is 24.1. The number of aliphatic hydroxyl groups excluding tert-OH is 1. The molecule has 0 radical (unpaired) electrons. The molecule has 262 valence electrons. The zero-order valence-electron chi connectivity index (χ0n) is 26.9. The molecule has 4 aromatic rings. The molecule has 50 heavy (non-hydrogen) atoms. The highest BCUT2D eigenvalue weighted by Crippen LogP contribution is 2.40. The average molecular weight is 708 g/mol. The van der Waals surface area contributed by atoms with Crippen LogP contribution in [0, 0.1) is 5.21 Å². The maximum absolute atomic E-state index is 13.0. The van der Waals surface area contributed by atoms with Crippen LogP contribution in [0.5, 0.6) is 0 Å². The topological polar surface area (TPSA) is 115 Å². The van der Waals surface area contributed by atoms with Gasteiger partial charge in [-0.05, 0) is 58.9 Å². The van der Waals surface area contributed by atoms with Crippen molar-refractivity contribution in [1.29, 1.82) is 0 Å². The van der Waals surface area contributed by atoms with Crippen molar-refractivity contribution in [2.24, 2.45) is 0 Å². The summed E-state index contributed by atoms with van der Waals surface area (Å²) in [6.45, 7) is -0.0989. The number of hydrogen-bond donors (Lipinski definition) is 2. The average Bonchev–Trinajstić information content (AvgIpc) is 3.63. The van der Waals surface area contributed by atoms with Crippen molar-refractivity contribution in [3.05, 3.63) is 125 Å². The number of hydrogen-bond acceptors (Lipinski definition) is 7. The number of ether oxygens (including phenoxy) is 2. The minimum Gasteiger partial charge on any atom is -0.618 e. The third-order valence-electron chi connectivity index (χ3n) is 8.77. The summed E-state index contributed by atoms with van der Waals surface area (Å²) in [6.07, 6.45) is -3.80. The van der Waals surface area contributed by atoms with Crippen LogP contribution in [0.3, 0.4) is 0 Å². The van der Waals surface area contributed by atoms with Crippen LogP contribution in [-0.4, -0.2) is 52.4 Å². The lowest BCUT2D eigenvalue weighted by molar-refractivity contribution is -0.645. The minimum absolute atomic E-state index is 0.0640. The molecule has 6 rings (SSSR count). The van der Waals surface area contributed by atoms with Gasteiger partial charge in [0, 0.05) is 43.0 Å². The van der Waals surface area contributed by atoms with Gasteiger partial charge in [0.15, 0.2) is 12.5 Å². The molecule has 1 aromatic heterocycles. The van der Waals surface area contributed by atoms with Crippen LogP contribution in [0.4, 0.5) is 13.2 Å². The second kappa shape index (κ2) is 15.6. The summed E-state index contributed by atoms with van der Waals surface area (Å²) in [7, 11) is 0. The number of amides is 2. The van der Waals surface area contributed by atoms with Gasteiger partial charge in [-0.2, -0.15) is 17.9 Å². The summed E-state index contributed by atoms with van der Waals surface area (Å²) in [5, 5.41) is 25.0. The number of nitrogens with zero attached hydrogens (tertiary/aromatic N) is 2. The van der Waals surface area contributed by atoms with E-state index in [4.69, 9.17) is 9.47 Å². The smallest absolute Gasteiger partial charge is 0.471 e. The molecule has 0 spiro atoms. The van der Waals surface area contributed by atoms with Crippen molar-refractivity contribution in [3.63, 3.8) is 0 Å². The van der Waals surface area contributed by atoms with Gasteiger partial charge in [0.1, 0.15) is 6.04 Å². The van der Waals surface area contributed by atoms with Crippen LogP contribution in [0.25, 0.3) is 11.1 Å². The number of halogens is 3. The predicted molar refractivity (Wildman–Crippen MR) is 179 cm³/mol. The lowest BCUT2D eigenvalue weighted by Gasteiger charge is -2.36. The number of thioether (sulfide) groups is 1. The standard InChI is InChI=1S/C37H36F3N3O6S/c38-37(39,40)36(46)42-16-5-10-31(42)34(45)41-21-25-6-3-7-27(18-25)28-8-4-9-29(19-28)35-48-30(23-50-33-11-1-2-17-43(33)47)20-32(49-35)26-14-12-24(22-44)13-15-26/h1-4,6-9,11-15,17-19,30-32,35,44H,5,10,16,20-23H2,(H,41,45). The Morgan fingerprint density at radius 1 is 0.940 bits per heavy atom. The number of pyridine rings is 1. The van der Waals surface area contributed by atoms with Crippen LogP contribution < -0.4 is 10.0 Å². The van der Waals surface area contributed by atoms with Gasteiger partial charge in [0.25, 0.3) is 5.03 Å². The number of benzene rings is 3. The monoisotopic (exact) mass is 707 g/mol. The Balaban J connectivity index is 1.17. The lowest BCUT2D eigenvalue weighted by atomic mass is 9.99. The van der Waals surface area contributed by atoms with E-state index in [2.05, 4.69) is 5.32 Å². The van der Waals surface area contributed by atoms with Gasteiger partial charge >= 0.3 is 12.1 Å². The van der Waals surface area contributed by atoms with Crippen LogP contribution in [0.15, 0.2) is 102 Å². The highest BCUT2D eigenvalue weighted by molar-refractivity contribution is 7.99. The molecule has 2 aliphatic rings. The number of likely N-dealkylation sites (tertiary alicyclic amines) is 1. The molecule has 0 bridgehead atoms. The summed E-state index contributed by atoms with van der Waals surface area (Å²) in [4.78, 5) is 25.3. The third kappa shape index (κ3) is 8.47. The first kappa shape index (κ1) is 35.4. The summed E-state index contributed by atoms with van der Waals surface area (Å²) in [5.41, 5.74) is 4.95. The van der Waals surface area contributed by atoms with Gasteiger partial charge < -0.3 is 30.0 Å². The summed E-state index contributed by atoms with van der Waals surface area (Å²) < 4.78 is 52.9. The van der Waals surface area contributed by atoms with Crippen LogP contribution in [-0.2, 0) is 32.2 Å². The maximum Gasteiger partial charge on any atom is 0.471 e. The predicted octanol–water partition coefficient (Wildman–Crippen LogP) is 5.99. The second-order valence-corrected chi connectivity index (χ2v) is 13.3. The van der Waals surface area contributed by atoms with Crippen LogP contribution >= 0.6 is 11.8 Å². The Bertz CT molecular complexity index is 1810. The van der Waals surface area contributed by atoms with E-state index < -0.39 is 30.3 Å². The molecule has 2 N–H and O–H groups in total. The molecule has 4 atom stereocenters. The van der Waals surface area contributed by atoms with Crippen molar-refractivity contribution in [1.82, 2.24) is 10.2 Å². The molecule has 3 heterocycles. The van der Waals surface area contributed by atoms with Gasteiger partial charge in [-0.3, -0.25) is 9.59 Å². The van der Waals surface area contributed by atoms with E-state index in [1.807, 2.05) is 78.9 Å². The zero-order valence-corrected chi connectivity index (χ0v) is 27.7. The summed E-state index contributed by atoms with van der Waals surface area (Å²) in [6, 6.07) is 26.8. The SMILES string of the molecule is O=C(NCc1cccc(-c2cccc(C3OC(CSc4cccc[n+]4[O-])CC(c4ccc(CO)cc4)O3)c2)c1)C1CCCN1C(=O)C(F)(F)F. The van der Waals surface area contributed by atoms with E-state index in [0.717, 1.165) is 38.1 Å². The van der Waals surface area contributed by atoms with Crippen LogP contribution in [0.1, 0.15) is 53.9 Å². The summed E-state index contributed by atoms with van der Waals surface area (Å²) >= 11 is 1.41. The zero-order chi connectivity index (χ0) is 35.3. The number of carbonyl (C=O) groups is 2. The van der Waals surface area contributed by atoms with E-state index in [1.165, 1.54) is 18.0 Å². The number of nitrogens with one attached hydrogen (secondary N) is 1. The number of aliphatic hydroxyl groups is 1. The van der Waals surface area contributed by atoms with Crippen molar-refractivity contribution < 1.29 is 42.1 Å². The second-order valence-electron chi connectivity index (χ2n) is 12.2. The van der Waals surface area contributed by atoms with Gasteiger partial charge in [-0.15, -0.1) is 0 Å². The van der Waals surface area contributed by atoms with Crippen molar-refractivity contribution >= 4 is 23.6 Å². The molecule has 9 nitrogen and oxygen atoms in total. The fourth-order valence-corrected chi connectivity index (χ4v) is 7.14. The fraction of sp³-hybridized carbons (Fsp3) is 0.324. The minimum atomic E-state index is -5.03. The molecule has 13 heteroatoms. The van der Waals surface area contributed by atoms with E-state index in [1.54, 1.807) is 12.1 Å². The molecule has 0 aliphatic carbocycles. The maximum atomic E-state index is 13.0. The third-order valence-corrected chi connectivity index (χ3v) is 9.92. The number of carbonyl (C=O) groups excluding carboxylic acids is 2. The Labute approximate surface area is 291 Å². The fourth-order valence-electron chi connectivity index (χ4n) is 6.20. The largest absolute Gasteiger partial charge is 0.618 e. The lowest BCUT2D eigenvalue weighted by Crippen LogP contribution is -2.50. The Morgan fingerprint density at radius 3 is 2.44 bits per heavy atom. The molecule has 4 unspecified atom stereocenters. The molecule has 2 amide bonds. The van der Waals surface area contributed by atoms with E-state index >= 15 is 0 Å². The Hall–Kier alpha value is -4.43. The van der Waals surface area contributed by atoms with E-state index in [-0.39, 0.29) is 38.3 Å². The number of aromatic nitrogens is 1. The number of alkyl halides is 3.